The summed E-state index contributed by atoms with van der Waals surface area (Å²) in [5.41, 5.74) is 7.80. The Balaban J connectivity index is 1.60. The second-order valence-corrected chi connectivity index (χ2v) is 13.7. The van der Waals surface area contributed by atoms with Gasteiger partial charge in [-0.1, -0.05) is 26.8 Å². The molecule has 5 heteroatoms. The molecule has 4 nitrogen and oxygen atoms in total. The zero-order valence-corrected chi connectivity index (χ0v) is 17.7. The van der Waals surface area contributed by atoms with Crippen LogP contribution in [-0.4, -0.2) is 25.5 Å². The Kier molecular flexibility index (Phi) is 5.31. The third kappa shape index (κ3) is 4.21. The number of aromatic nitrogens is 1. The molecule has 0 unspecified atom stereocenters. The van der Waals surface area contributed by atoms with Crippen LogP contribution >= 0.6 is 0 Å². The molecule has 0 bridgehead atoms. The van der Waals surface area contributed by atoms with Gasteiger partial charge in [0, 0.05) is 23.8 Å². The molecule has 1 aliphatic carbocycles. The highest BCUT2D eigenvalue weighted by Gasteiger charge is 2.40. The summed E-state index contributed by atoms with van der Waals surface area (Å²) in [6.07, 6.45) is 6.51. The lowest BCUT2D eigenvalue weighted by atomic mass is 9.95. The van der Waals surface area contributed by atoms with Crippen LogP contribution in [0.3, 0.4) is 0 Å². The van der Waals surface area contributed by atoms with E-state index in [0.717, 1.165) is 42.3 Å². The molecular weight excluding hydrogens is 340 g/mol. The lowest BCUT2D eigenvalue weighted by molar-refractivity contribution is 0.0730. The molecule has 0 saturated heterocycles. The molecule has 142 valence electrons. The summed E-state index contributed by atoms with van der Waals surface area (Å²) in [7, 11) is -1.70. The maximum absolute atomic E-state index is 6.57. The van der Waals surface area contributed by atoms with Crippen molar-refractivity contribution in [3.05, 3.63) is 30.5 Å². The van der Waals surface area contributed by atoms with E-state index in [0.29, 0.717) is 11.8 Å². The Morgan fingerprint density at radius 1 is 1.08 bits per heavy atom. The topological polar surface area (TPSA) is 57.4 Å². The largest absolute Gasteiger partial charge is 0.488 e. The first kappa shape index (κ1) is 19.2. The number of nitrogens with two attached hydrogens (primary N) is 1. The molecule has 1 saturated carbocycles. The third-order valence-electron chi connectivity index (χ3n) is 5.92. The van der Waals surface area contributed by atoms with Crippen molar-refractivity contribution >= 4 is 24.9 Å². The number of nitrogens with zero attached hydrogens (tertiary/aromatic N) is 1. The number of fused-ring (bicyclic) bond motifs is 1. The van der Waals surface area contributed by atoms with Crippen molar-refractivity contribution < 1.29 is 9.16 Å². The van der Waals surface area contributed by atoms with Gasteiger partial charge in [0.15, 0.2) is 8.32 Å². The number of pyridine rings is 1. The Bertz CT molecular complexity index is 762. The first-order chi connectivity index (χ1) is 12.2. The van der Waals surface area contributed by atoms with Gasteiger partial charge in [-0.25, -0.2) is 0 Å². The number of nitrogen functional groups attached to an aromatic ring is 1. The molecule has 1 aliphatic rings. The minimum Gasteiger partial charge on any atom is -0.488 e. The number of benzene rings is 1. The lowest BCUT2D eigenvalue weighted by Gasteiger charge is -2.41. The third-order valence-corrected chi connectivity index (χ3v) is 10.5. The first-order valence-corrected chi connectivity index (χ1v) is 12.6. The summed E-state index contributed by atoms with van der Waals surface area (Å²) in [5.74, 6) is 0.755. The van der Waals surface area contributed by atoms with E-state index >= 15 is 0 Å². The van der Waals surface area contributed by atoms with E-state index < -0.39 is 8.32 Å². The second-order valence-electron chi connectivity index (χ2n) is 8.98. The SMILES string of the molecule is CC(C)(C)[Si](C)(C)OC1CCC(Oc2cc3ncccc3cc2N)CC1. The van der Waals surface area contributed by atoms with Crippen molar-refractivity contribution in [3.63, 3.8) is 0 Å². The average Bonchev–Trinajstić information content (AvgIpc) is 2.56. The molecule has 1 aromatic heterocycles. The molecule has 0 amide bonds. The molecule has 1 heterocycles. The van der Waals surface area contributed by atoms with Gasteiger partial charge in [0.1, 0.15) is 5.75 Å². The monoisotopic (exact) mass is 372 g/mol. The minimum absolute atomic E-state index is 0.206. The molecule has 0 atom stereocenters. The highest BCUT2D eigenvalue weighted by molar-refractivity contribution is 6.74. The van der Waals surface area contributed by atoms with Crippen molar-refractivity contribution in [3.8, 4) is 5.75 Å². The Morgan fingerprint density at radius 2 is 1.73 bits per heavy atom. The van der Waals surface area contributed by atoms with Gasteiger partial charge in [0.05, 0.1) is 17.3 Å². The van der Waals surface area contributed by atoms with E-state index in [1.165, 1.54) is 0 Å². The van der Waals surface area contributed by atoms with E-state index in [9.17, 15) is 0 Å². The maximum atomic E-state index is 6.57. The number of hydrogen-bond acceptors (Lipinski definition) is 4. The van der Waals surface area contributed by atoms with Crippen LogP contribution in [0, 0.1) is 0 Å². The van der Waals surface area contributed by atoms with Gasteiger partial charge in [-0.15, -0.1) is 0 Å². The van der Waals surface area contributed by atoms with Crippen LogP contribution in [0.4, 0.5) is 5.69 Å². The molecule has 1 aromatic carbocycles. The molecule has 0 radical (unpaired) electrons. The molecule has 2 N–H and O–H groups in total. The summed E-state index contributed by atoms with van der Waals surface area (Å²) in [6.45, 7) is 11.6. The fourth-order valence-electron chi connectivity index (χ4n) is 3.26. The lowest BCUT2D eigenvalue weighted by Crippen LogP contribution is -2.45. The highest BCUT2D eigenvalue weighted by Crippen LogP contribution is 2.39. The number of hydrogen-bond donors (Lipinski definition) is 1. The maximum Gasteiger partial charge on any atom is 0.192 e. The summed E-state index contributed by atoms with van der Waals surface area (Å²) in [4.78, 5) is 4.40. The van der Waals surface area contributed by atoms with Crippen LogP contribution in [0.1, 0.15) is 46.5 Å². The highest BCUT2D eigenvalue weighted by atomic mass is 28.4. The predicted octanol–water partition coefficient (Wildman–Crippen LogP) is 5.53. The summed E-state index contributed by atoms with van der Waals surface area (Å²) in [6, 6.07) is 7.85. The predicted molar refractivity (Wildman–Crippen MR) is 111 cm³/mol. The van der Waals surface area contributed by atoms with Gasteiger partial charge in [0.25, 0.3) is 0 Å². The standard InChI is InChI=1S/C21H32N2O2Si/c1-21(2,3)26(4,5)25-17-10-8-16(9-11-17)24-20-14-19-15(13-18(20)22)7-6-12-23-19/h6-7,12-14,16-17H,8-11,22H2,1-5H3. The van der Waals surface area contributed by atoms with Crippen LogP contribution in [0.15, 0.2) is 30.5 Å². The fraction of sp³-hybridized carbons (Fsp3) is 0.571. The Hall–Kier alpha value is -1.59. The summed E-state index contributed by atoms with van der Waals surface area (Å²) >= 11 is 0. The van der Waals surface area contributed by atoms with Crippen molar-refractivity contribution in [2.75, 3.05) is 5.73 Å². The number of anilines is 1. The molecule has 26 heavy (non-hydrogen) atoms. The quantitative estimate of drug-likeness (QED) is 0.566. The molecule has 3 rings (SSSR count). The van der Waals surface area contributed by atoms with Gasteiger partial charge in [-0.05, 0) is 55.9 Å². The van der Waals surface area contributed by atoms with E-state index in [4.69, 9.17) is 14.9 Å². The van der Waals surface area contributed by atoms with Gasteiger partial charge < -0.3 is 14.9 Å². The van der Waals surface area contributed by atoms with E-state index in [1.54, 1.807) is 6.20 Å². The van der Waals surface area contributed by atoms with Gasteiger partial charge in [-0.3, -0.25) is 4.98 Å². The van der Waals surface area contributed by atoms with Crippen LogP contribution in [0.5, 0.6) is 5.75 Å². The molecule has 1 fully saturated rings. The van der Waals surface area contributed by atoms with E-state index in [1.807, 2.05) is 24.3 Å². The van der Waals surface area contributed by atoms with Crippen molar-refractivity contribution in [2.45, 2.75) is 76.8 Å². The zero-order chi connectivity index (χ0) is 18.9. The normalized spacial score (nSPS) is 21.7. The Morgan fingerprint density at radius 3 is 2.38 bits per heavy atom. The van der Waals surface area contributed by atoms with E-state index in [-0.39, 0.29) is 11.1 Å². The van der Waals surface area contributed by atoms with Crippen molar-refractivity contribution in [1.29, 1.82) is 0 Å². The van der Waals surface area contributed by atoms with Crippen LogP contribution in [-0.2, 0) is 4.43 Å². The van der Waals surface area contributed by atoms with Crippen LogP contribution < -0.4 is 10.5 Å². The van der Waals surface area contributed by atoms with Crippen molar-refractivity contribution in [1.82, 2.24) is 4.98 Å². The number of ether oxygens (including phenoxy) is 1. The zero-order valence-electron chi connectivity index (χ0n) is 16.7. The summed E-state index contributed by atoms with van der Waals surface area (Å²) in [5, 5.41) is 1.30. The van der Waals surface area contributed by atoms with Gasteiger partial charge >= 0.3 is 0 Å². The van der Waals surface area contributed by atoms with Crippen LogP contribution in [0.25, 0.3) is 10.9 Å². The van der Waals surface area contributed by atoms with Gasteiger partial charge in [-0.2, -0.15) is 0 Å². The van der Waals surface area contributed by atoms with Crippen molar-refractivity contribution in [2.24, 2.45) is 0 Å². The van der Waals surface area contributed by atoms with Gasteiger partial charge in [0.2, 0.25) is 0 Å². The van der Waals surface area contributed by atoms with E-state index in [2.05, 4.69) is 38.8 Å². The minimum atomic E-state index is -1.70. The summed E-state index contributed by atoms with van der Waals surface area (Å²) < 4.78 is 12.8. The second kappa shape index (κ2) is 7.20. The molecular formula is C21H32N2O2Si. The fourth-order valence-corrected chi connectivity index (χ4v) is 4.68. The average molecular weight is 373 g/mol. The molecule has 2 aromatic rings. The molecule has 0 aliphatic heterocycles. The Labute approximate surface area is 158 Å². The molecule has 0 spiro atoms. The van der Waals surface area contributed by atoms with Crippen LogP contribution in [0.2, 0.25) is 18.1 Å². The smallest absolute Gasteiger partial charge is 0.192 e. The first-order valence-electron chi connectivity index (χ1n) is 9.64. The number of rotatable bonds is 4.